The Kier molecular flexibility index (Phi) is 1.78. The Morgan fingerprint density at radius 1 is 1.07 bits per heavy atom. The smallest absolute Gasteiger partial charge is 0.0464 e. The Labute approximate surface area is 89.1 Å². The number of fused-ring (bicyclic) bond motifs is 3. The van der Waals surface area contributed by atoms with Crippen molar-refractivity contribution in [2.45, 2.75) is 6.92 Å². The van der Waals surface area contributed by atoms with Crippen molar-refractivity contribution in [2.24, 2.45) is 5.92 Å². The molecule has 0 saturated carbocycles. The van der Waals surface area contributed by atoms with Crippen LogP contribution in [0.4, 0.5) is 0 Å². The lowest BCUT2D eigenvalue weighted by atomic mass is 10.1. The second kappa shape index (κ2) is 3.13. The molecule has 1 aliphatic rings. The fraction of sp³-hybridized carbons (Fsp3) is 0.143. The minimum absolute atomic E-state index is 0.518. The highest BCUT2D eigenvalue weighted by Gasteiger charge is 2.08. The molecule has 3 rings (SSSR count). The van der Waals surface area contributed by atoms with Gasteiger partial charge < -0.3 is 4.98 Å². The van der Waals surface area contributed by atoms with E-state index in [1.54, 1.807) is 0 Å². The summed E-state index contributed by atoms with van der Waals surface area (Å²) in [5.41, 5.74) is 3.74. The van der Waals surface area contributed by atoms with Crippen LogP contribution in [0.5, 0.6) is 0 Å². The van der Waals surface area contributed by atoms with E-state index in [9.17, 15) is 0 Å². The minimum Gasteiger partial charge on any atom is -0.355 e. The minimum atomic E-state index is 0.518. The Balaban J connectivity index is 2.33. The zero-order chi connectivity index (χ0) is 10.3. The normalized spacial score (nSPS) is 19.1. The highest BCUT2D eigenvalue weighted by Crippen LogP contribution is 2.27. The molecule has 1 N–H and O–H groups in total. The third-order valence-corrected chi connectivity index (χ3v) is 2.91. The molecule has 2 aromatic rings. The maximum absolute atomic E-state index is 3.44. The standard InChI is InChI=1S/C14H13N/c1-10-6-8-12-11-4-2-3-5-13(11)15-14(12)9-7-10/h2-10,15H,1H3. The highest BCUT2D eigenvalue weighted by atomic mass is 14.7. The number of hydrogen-bond acceptors (Lipinski definition) is 0. The molecule has 1 atom stereocenters. The monoisotopic (exact) mass is 195 g/mol. The van der Waals surface area contributed by atoms with E-state index in [0.29, 0.717) is 5.92 Å². The molecule has 15 heavy (non-hydrogen) atoms. The molecule has 74 valence electrons. The molecular formula is C14H13N. The van der Waals surface area contributed by atoms with Crippen molar-refractivity contribution in [1.82, 2.24) is 4.98 Å². The summed E-state index contributed by atoms with van der Waals surface area (Å²) >= 11 is 0. The van der Waals surface area contributed by atoms with Gasteiger partial charge in [-0.3, -0.25) is 0 Å². The first-order chi connectivity index (χ1) is 7.34. The molecule has 0 amide bonds. The molecule has 1 aliphatic carbocycles. The summed E-state index contributed by atoms with van der Waals surface area (Å²) in [4.78, 5) is 3.44. The highest BCUT2D eigenvalue weighted by molar-refractivity contribution is 5.93. The van der Waals surface area contributed by atoms with Gasteiger partial charge in [0.15, 0.2) is 0 Å². The lowest BCUT2D eigenvalue weighted by Gasteiger charge is -1.93. The van der Waals surface area contributed by atoms with E-state index in [-0.39, 0.29) is 0 Å². The average Bonchev–Trinajstić information content (AvgIpc) is 2.51. The van der Waals surface area contributed by atoms with Gasteiger partial charge in [-0.2, -0.15) is 0 Å². The van der Waals surface area contributed by atoms with E-state index in [1.165, 1.54) is 22.2 Å². The lowest BCUT2D eigenvalue weighted by Crippen LogP contribution is -1.78. The average molecular weight is 195 g/mol. The molecule has 0 fully saturated rings. The number of nitrogens with one attached hydrogen (secondary N) is 1. The van der Waals surface area contributed by atoms with Crippen LogP contribution in [-0.2, 0) is 0 Å². The van der Waals surface area contributed by atoms with Crippen LogP contribution in [0.3, 0.4) is 0 Å². The maximum Gasteiger partial charge on any atom is 0.0464 e. The van der Waals surface area contributed by atoms with Gasteiger partial charge in [-0.05, 0) is 18.1 Å². The van der Waals surface area contributed by atoms with E-state index < -0.39 is 0 Å². The molecule has 1 heterocycles. The number of benzene rings is 1. The summed E-state index contributed by atoms with van der Waals surface area (Å²) in [6.07, 6.45) is 8.86. The van der Waals surface area contributed by atoms with Gasteiger partial charge in [-0.15, -0.1) is 0 Å². The zero-order valence-electron chi connectivity index (χ0n) is 8.70. The molecule has 1 nitrogen and oxygen atoms in total. The fourth-order valence-electron chi connectivity index (χ4n) is 2.06. The number of hydrogen-bond donors (Lipinski definition) is 1. The predicted molar refractivity (Wildman–Crippen MR) is 65.5 cm³/mol. The van der Waals surface area contributed by atoms with E-state index >= 15 is 0 Å². The van der Waals surface area contributed by atoms with E-state index in [0.717, 1.165) is 0 Å². The largest absolute Gasteiger partial charge is 0.355 e. The number of para-hydroxylation sites is 1. The van der Waals surface area contributed by atoms with Gasteiger partial charge >= 0.3 is 0 Å². The second-order valence-corrected chi connectivity index (χ2v) is 4.08. The summed E-state index contributed by atoms with van der Waals surface area (Å²) in [7, 11) is 0. The summed E-state index contributed by atoms with van der Waals surface area (Å²) in [5.74, 6) is 0.518. The Morgan fingerprint density at radius 2 is 1.87 bits per heavy atom. The van der Waals surface area contributed by atoms with Crippen LogP contribution in [-0.4, -0.2) is 4.98 Å². The van der Waals surface area contributed by atoms with Crippen LogP contribution in [0.2, 0.25) is 0 Å². The number of aromatic nitrogens is 1. The quantitative estimate of drug-likeness (QED) is 0.657. The number of allylic oxidation sites excluding steroid dienone is 2. The molecule has 0 spiro atoms. The first kappa shape index (κ1) is 8.54. The molecule has 0 radical (unpaired) electrons. The molecular weight excluding hydrogens is 182 g/mol. The number of aromatic amines is 1. The van der Waals surface area contributed by atoms with Gasteiger partial charge in [0.2, 0.25) is 0 Å². The van der Waals surface area contributed by atoms with Crippen LogP contribution < -0.4 is 0 Å². The summed E-state index contributed by atoms with van der Waals surface area (Å²) in [6, 6.07) is 8.43. The van der Waals surface area contributed by atoms with Gasteiger partial charge in [-0.1, -0.05) is 43.4 Å². The molecule has 0 aliphatic heterocycles. The fourth-order valence-corrected chi connectivity index (χ4v) is 2.06. The van der Waals surface area contributed by atoms with Crippen molar-refractivity contribution in [3.8, 4) is 0 Å². The van der Waals surface area contributed by atoms with Gasteiger partial charge in [-0.25, -0.2) is 0 Å². The Morgan fingerprint density at radius 3 is 2.80 bits per heavy atom. The predicted octanol–water partition coefficient (Wildman–Crippen LogP) is 3.84. The number of rotatable bonds is 0. The van der Waals surface area contributed by atoms with Crippen LogP contribution >= 0.6 is 0 Å². The maximum atomic E-state index is 3.44. The second-order valence-electron chi connectivity index (χ2n) is 4.08. The van der Waals surface area contributed by atoms with E-state index in [2.05, 4.69) is 60.5 Å². The molecule has 1 aromatic heterocycles. The summed E-state index contributed by atoms with van der Waals surface area (Å²) in [6.45, 7) is 2.20. The van der Waals surface area contributed by atoms with Crippen LogP contribution in [0.15, 0.2) is 36.4 Å². The van der Waals surface area contributed by atoms with Gasteiger partial charge in [0.05, 0.1) is 0 Å². The Hall–Kier alpha value is -1.76. The summed E-state index contributed by atoms with van der Waals surface area (Å²) in [5, 5.41) is 1.31. The third kappa shape index (κ3) is 1.32. The number of H-pyrrole nitrogens is 1. The van der Waals surface area contributed by atoms with Crippen LogP contribution in [0.25, 0.3) is 23.1 Å². The van der Waals surface area contributed by atoms with Crippen molar-refractivity contribution in [1.29, 1.82) is 0 Å². The third-order valence-electron chi connectivity index (χ3n) is 2.91. The van der Waals surface area contributed by atoms with Gasteiger partial charge in [0.1, 0.15) is 0 Å². The lowest BCUT2D eigenvalue weighted by molar-refractivity contribution is 0.953. The first-order valence-electron chi connectivity index (χ1n) is 5.32. The molecule has 1 unspecified atom stereocenters. The molecule has 0 saturated heterocycles. The molecule has 1 heteroatoms. The van der Waals surface area contributed by atoms with Crippen molar-refractivity contribution < 1.29 is 0 Å². The van der Waals surface area contributed by atoms with Crippen molar-refractivity contribution in [3.63, 3.8) is 0 Å². The summed E-state index contributed by atoms with van der Waals surface area (Å²) < 4.78 is 0. The Bertz CT molecular complexity index is 558. The zero-order valence-corrected chi connectivity index (χ0v) is 8.70. The first-order valence-corrected chi connectivity index (χ1v) is 5.32. The molecule has 1 aromatic carbocycles. The van der Waals surface area contributed by atoms with Gasteiger partial charge in [0, 0.05) is 22.2 Å². The van der Waals surface area contributed by atoms with Crippen molar-refractivity contribution >= 4 is 23.1 Å². The van der Waals surface area contributed by atoms with Crippen molar-refractivity contribution in [2.75, 3.05) is 0 Å². The van der Waals surface area contributed by atoms with Crippen LogP contribution in [0.1, 0.15) is 18.2 Å². The SMILES string of the molecule is CC1C=Cc2[nH]c3ccccc3c2C=C1. The molecule has 0 bridgehead atoms. The van der Waals surface area contributed by atoms with E-state index in [1.807, 2.05) is 0 Å². The van der Waals surface area contributed by atoms with Crippen LogP contribution in [0, 0.1) is 5.92 Å². The topological polar surface area (TPSA) is 15.8 Å². The van der Waals surface area contributed by atoms with Crippen molar-refractivity contribution in [3.05, 3.63) is 47.7 Å². The van der Waals surface area contributed by atoms with Gasteiger partial charge in [0.25, 0.3) is 0 Å². The van der Waals surface area contributed by atoms with E-state index in [4.69, 9.17) is 0 Å².